The lowest BCUT2D eigenvalue weighted by Crippen LogP contribution is -2.31. The molecular weight excluding hydrogens is 280 g/mol. The quantitative estimate of drug-likeness (QED) is 0.923. The number of hydrogen-bond acceptors (Lipinski definition) is 3. The van der Waals surface area contributed by atoms with Crippen LogP contribution in [0.15, 0.2) is 35.4 Å². The smallest absolute Gasteiger partial charge is 0.254 e. The highest BCUT2D eigenvalue weighted by atomic mass is 19.1. The van der Waals surface area contributed by atoms with Gasteiger partial charge in [0, 0.05) is 30.9 Å². The summed E-state index contributed by atoms with van der Waals surface area (Å²) in [5.74, 6) is -2.34. The second kappa shape index (κ2) is 6.25. The molecule has 1 aromatic carbocycles. The number of aryl methyl sites for hydroxylation is 1. The number of halogens is 2. The predicted molar refractivity (Wildman–Crippen MR) is 71.9 cm³/mol. The average Bonchev–Trinajstić information content (AvgIpc) is 2.41. The molecule has 0 aliphatic heterocycles. The number of amides is 1. The molecule has 0 radical (unpaired) electrons. The lowest BCUT2D eigenvalue weighted by Gasteiger charge is -2.08. The van der Waals surface area contributed by atoms with Crippen LogP contribution in [0.1, 0.15) is 16.1 Å². The van der Waals surface area contributed by atoms with Crippen LogP contribution in [0.25, 0.3) is 0 Å². The molecule has 0 saturated heterocycles. The van der Waals surface area contributed by atoms with Crippen LogP contribution in [0.5, 0.6) is 0 Å². The molecule has 1 heterocycles. The van der Waals surface area contributed by atoms with E-state index in [1.165, 1.54) is 17.0 Å². The normalized spacial score (nSPS) is 10.4. The molecule has 0 aliphatic carbocycles. The number of nitrogens with one attached hydrogen (secondary N) is 1. The molecule has 0 bridgehead atoms. The van der Waals surface area contributed by atoms with E-state index in [4.69, 9.17) is 0 Å². The number of benzene rings is 1. The van der Waals surface area contributed by atoms with Gasteiger partial charge in [0.15, 0.2) is 0 Å². The van der Waals surface area contributed by atoms with Crippen molar-refractivity contribution >= 4 is 5.91 Å². The Morgan fingerprint density at radius 2 is 2.10 bits per heavy atom. The number of aromatic nitrogens is 2. The van der Waals surface area contributed by atoms with Gasteiger partial charge in [-0.3, -0.25) is 14.2 Å². The lowest BCUT2D eigenvalue weighted by atomic mass is 10.2. The SMILES string of the molecule is Cc1cc(=O)n(CCNC(=O)c2ccc(F)cc2F)cn1. The monoisotopic (exact) mass is 293 g/mol. The lowest BCUT2D eigenvalue weighted by molar-refractivity contribution is 0.0948. The van der Waals surface area contributed by atoms with Crippen molar-refractivity contribution < 1.29 is 13.6 Å². The van der Waals surface area contributed by atoms with Gasteiger partial charge in [0.25, 0.3) is 11.5 Å². The fourth-order valence-electron chi connectivity index (χ4n) is 1.74. The van der Waals surface area contributed by atoms with E-state index < -0.39 is 17.5 Å². The Morgan fingerprint density at radius 3 is 2.76 bits per heavy atom. The minimum atomic E-state index is -0.929. The van der Waals surface area contributed by atoms with Gasteiger partial charge in [-0.05, 0) is 19.1 Å². The van der Waals surface area contributed by atoms with Crippen molar-refractivity contribution in [3.05, 3.63) is 63.8 Å². The standard InChI is InChI=1S/C14H13F2N3O2/c1-9-6-13(20)19(8-18-9)5-4-17-14(21)11-3-2-10(15)7-12(11)16/h2-3,6-8H,4-5H2,1H3,(H,17,21). The third-order valence-electron chi connectivity index (χ3n) is 2.83. The van der Waals surface area contributed by atoms with E-state index in [0.29, 0.717) is 11.8 Å². The summed E-state index contributed by atoms with van der Waals surface area (Å²) in [5, 5.41) is 2.46. The largest absolute Gasteiger partial charge is 0.350 e. The Labute approximate surface area is 119 Å². The van der Waals surface area contributed by atoms with E-state index in [2.05, 4.69) is 10.3 Å². The second-order valence-corrected chi connectivity index (χ2v) is 4.44. The molecule has 1 amide bonds. The van der Waals surface area contributed by atoms with Gasteiger partial charge in [-0.1, -0.05) is 0 Å². The summed E-state index contributed by atoms with van der Waals surface area (Å²) in [6, 6.07) is 4.09. The summed E-state index contributed by atoms with van der Waals surface area (Å²) in [6.07, 6.45) is 1.38. The Balaban J connectivity index is 1.97. The summed E-state index contributed by atoms with van der Waals surface area (Å²) in [4.78, 5) is 27.3. The molecule has 0 spiro atoms. The molecule has 0 aliphatic rings. The van der Waals surface area contributed by atoms with Crippen molar-refractivity contribution in [1.82, 2.24) is 14.9 Å². The molecular formula is C14H13F2N3O2. The molecule has 0 atom stereocenters. The zero-order valence-corrected chi connectivity index (χ0v) is 11.3. The Hall–Kier alpha value is -2.57. The van der Waals surface area contributed by atoms with Crippen molar-refractivity contribution in [3.8, 4) is 0 Å². The first-order valence-electron chi connectivity index (χ1n) is 6.23. The van der Waals surface area contributed by atoms with E-state index in [1.54, 1.807) is 6.92 Å². The van der Waals surface area contributed by atoms with Gasteiger partial charge in [0.05, 0.1) is 11.9 Å². The highest BCUT2D eigenvalue weighted by molar-refractivity contribution is 5.94. The maximum atomic E-state index is 13.4. The van der Waals surface area contributed by atoms with Crippen LogP contribution in [0.3, 0.4) is 0 Å². The van der Waals surface area contributed by atoms with Crippen molar-refractivity contribution in [2.75, 3.05) is 6.54 Å². The Kier molecular flexibility index (Phi) is 4.42. The Morgan fingerprint density at radius 1 is 1.33 bits per heavy atom. The highest BCUT2D eigenvalue weighted by Crippen LogP contribution is 2.09. The van der Waals surface area contributed by atoms with Gasteiger partial charge < -0.3 is 5.32 Å². The first-order chi connectivity index (χ1) is 9.97. The van der Waals surface area contributed by atoms with E-state index in [9.17, 15) is 18.4 Å². The summed E-state index contributed by atoms with van der Waals surface area (Å²) >= 11 is 0. The first kappa shape index (κ1) is 14.8. The number of hydrogen-bond donors (Lipinski definition) is 1. The molecule has 1 N–H and O–H groups in total. The van der Waals surface area contributed by atoms with Gasteiger partial charge in [-0.2, -0.15) is 0 Å². The van der Waals surface area contributed by atoms with E-state index in [-0.39, 0.29) is 24.2 Å². The summed E-state index contributed by atoms with van der Waals surface area (Å²) in [5.41, 5.74) is 0.129. The minimum Gasteiger partial charge on any atom is -0.350 e. The highest BCUT2D eigenvalue weighted by Gasteiger charge is 2.11. The van der Waals surface area contributed by atoms with Gasteiger partial charge in [0.1, 0.15) is 11.6 Å². The van der Waals surface area contributed by atoms with E-state index in [1.807, 2.05) is 0 Å². The van der Waals surface area contributed by atoms with Gasteiger partial charge >= 0.3 is 0 Å². The second-order valence-electron chi connectivity index (χ2n) is 4.44. The van der Waals surface area contributed by atoms with Crippen molar-refractivity contribution in [2.24, 2.45) is 0 Å². The van der Waals surface area contributed by atoms with E-state index >= 15 is 0 Å². The third-order valence-corrected chi connectivity index (χ3v) is 2.83. The molecule has 2 aromatic rings. The van der Waals surface area contributed by atoms with Crippen molar-refractivity contribution in [3.63, 3.8) is 0 Å². The summed E-state index contributed by atoms with van der Waals surface area (Å²) in [7, 11) is 0. The average molecular weight is 293 g/mol. The molecule has 7 heteroatoms. The van der Waals surface area contributed by atoms with Crippen LogP contribution >= 0.6 is 0 Å². The van der Waals surface area contributed by atoms with Crippen LogP contribution in [-0.4, -0.2) is 22.0 Å². The molecule has 1 aromatic heterocycles. The Bertz CT molecular complexity index is 728. The van der Waals surface area contributed by atoms with Crippen molar-refractivity contribution in [2.45, 2.75) is 13.5 Å². The maximum Gasteiger partial charge on any atom is 0.254 e. The number of nitrogens with zero attached hydrogens (tertiary/aromatic N) is 2. The zero-order valence-electron chi connectivity index (χ0n) is 11.3. The van der Waals surface area contributed by atoms with Crippen LogP contribution in [-0.2, 0) is 6.54 Å². The molecule has 0 fully saturated rings. The van der Waals surface area contributed by atoms with Crippen LogP contribution in [0.4, 0.5) is 8.78 Å². The third kappa shape index (κ3) is 3.71. The van der Waals surface area contributed by atoms with E-state index in [0.717, 1.165) is 12.1 Å². The fourth-order valence-corrected chi connectivity index (χ4v) is 1.74. The number of rotatable bonds is 4. The molecule has 5 nitrogen and oxygen atoms in total. The fraction of sp³-hybridized carbons (Fsp3) is 0.214. The molecule has 21 heavy (non-hydrogen) atoms. The zero-order chi connectivity index (χ0) is 15.4. The first-order valence-corrected chi connectivity index (χ1v) is 6.23. The number of carbonyl (C=O) groups excluding carboxylic acids is 1. The minimum absolute atomic E-state index is 0.125. The topological polar surface area (TPSA) is 64.0 Å². The molecule has 0 unspecified atom stereocenters. The van der Waals surface area contributed by atoms with Gasteiger partial charge in [-0.15, -0.1) is 0 Å². The van der Waals surface area contributed by atoms with Crippen LogP contribution < -0.4 is 10.9 Å². The summed E-state index contributed by atoms with van der Waals surface area (Å²) in [6.45, 7) is 2.03. The molecule has 2 rings (SSSR count). The van der Waals surface area contributed by atoms with Gasteiger partial charge in [0.2, 0.25) is 0 Å². The van der Waals surface area contributed by atoms with Gasteiger partial charge in [-0.25, -0.2) is 13.8 Å². The predicted octanol–water partition coefficient (Wildman–Crippen LogP) is 1.26. The molecule has 110 valence electrons. The molecule has 0 saturated carbocycles. The number of carbonyl (C=O) groups is 1. The van der Waals surface area contributed by atoms with Crippen molar-refractivity contribution in [1.29, 1.82) is 0 Å². The van der Waals surface area contributed by atoms with Crippen LogP contribution in [0, 0.1) is 18.6 Å². The summed E-state index contributed by atoms with van der Waals surface area (Å²) < 4.78 is 27.5. The maximum absolute atomic E-state index is 13.4. The van der Waals surface area contributed by atoms with Crippen LogP contribution in [0.2, 0.25) is 0 Å².